The predicted octanol–water partition coefficient (Wildman–Crippen LogP) is 5.29. The van der Waals surface area contributed by atoms with E-state index in [1.165, 1.54) is 0 Å². The van der Waals surface area contributed by atoms with Crippen LogP contribution in [0.2, 0.25) is 0 Å². The van der Waals surface area contributed by atoms with Gasteiger partial charge in [0, 0.05) is 24.7 Å². The molecule has 0 radical (unpaired) electrons. The normalized spacial score (nSPS) is 11.4. The van der Waals surface area contributed by atoms with E-state index in [9.17, 15) is 4.79 Å². The second-order valence-electron chi connectivity index (χ2n) is 9.47. The topological polar surface area (TPSA) is 112 Å². The maximum atomic E-state index is 13.6. The van der Waals surface area contributed by atoms with Gasteiger partial charge in [0.05, 0.1) is 28.0 Å². The lowest BCUT2D eigenvalue weighted by Crippen LogP contribution is -2.25. The Bertz CT molecular complexity index is 1730. The Morgan fingerprint density at radius 2 is 1.69 bits per heavy atom. The number of nitrogens with zero attached hydrogens (tertiary/aromatic N) is 5. The maximum Gasteiger partial charge on any atom is 0.266 e. The standard InChI is InChI=1S/C31H31N7O/c1-20-11-8-18-33-25(20)17-16-24-22(3)35-31(32)37-29(24)34-19-9-15-27-36-26-14-7-10-21(2)28(26)30(39)38(27)23-12-5-4-6-13-23/h4-8,10-14,16-18H,9,15,19H2,1-3H3,(H3,32,34,35,37)/b17-16+. The number of fused-ring (bicyclic) bond motifs is 1. The highest BCUT2D eigenvalue weighted by Gasteiger charge is 2.14. The van der Waals surface area contributed by atoms with Gasteiger partial charge in [-0.05, 0) is 74.7 Å². The summed E-state index contributed by atoms with van der Waals surface area (Å²) in [6.45, 7) is 6.49. The molecule has 0 aliphatic heterocycles. The quantitative estimate of drug-likeness (QED) is 0.269. The molecule has 0 aliphatic carbocycles. The van der Waals surface area contributed by atoms with Gasteiger partial charge in [-0.3, -0.25) is 14.3 Å². The molecule has 0 aliphatic rings. The van der Waals surface area contributed by atoms with Crippen molar-refractivity contribution in [2.75, 3.05) is 17.6 Å². The van der Waals surface area contributed by atoms with Crippen molar-refractivity contribution in [3.63, 3.8) is 0 Å². The fourth-order valence-electron chi connectivity index (χ4n) is 4.68. The first-order valence-corrected chi connectivity index (χ1v) is 13.0. The molecule has 5 aromatic rings. The summed E-state index contributed by atoms with van der Waals surface area (Å²) in [5.74, 6) is 1.59. The molecular weight excluding hydrogens is 486 g/mol. The van der Waals surface area contributed by atoms with Gasteiger partial charge in [0.1, 0.15) is 11.6 Å². The van der Waals surface area contributed by atoms with Crippen LogP contribution >= 0.6 is 0 Å². The minimum Gasteiger partial charge on any atom is -0.369 e. The number of hydrogen-bond acceptors (Lipinski definition) is 7. The van der Waals surface area contributed by atoms with Gasteiger partial charge in [-0.1, -0.05) is 36.4 Å². The van der Waals surface area contributed by atoms with Crippen molar-refractivity contribution in [2.24, 2.45) is 0 Å². The Morgan fingerprint density at radius 1 is 0.897 bits per heavy atom. The summed E-state index contributed by atoms with van der Waals surface area (Å²) < 4.78 is 1.73. The molecule has 196 valence electrons. The molecule has 8 nitrogen and oxygen atoms in total. The molecule has 5 rings (SSSR count). The van der Waals surface area contributed by atoms with Crippen molar-refractivity contribution in [3.05, 3.63) is 111 Å². The summed E-state index contributed by atoms with van der Waals surface area (Å²) in [5, 5.41) is 4.07. The lowest BCUT2D eigenvalue weighted by Gasteiger charge is -2.15. The summed E-state index contributed by atoms with van der Waals surface area (Å²) >= 11 is 0. The number of para-hydroxylation sites is 1. The molecule has 0 unspecified atom stereocenters. The fourth-order valence-corrected chi connectivity index (χ4v) is 4.68. The third kappa shape index (κ3) is 5.55. The van der Waals surface area contributed by atoms with Crippen LogP contribution in [-0.4, -0.2) is 31.0 Å². The Morgan fingerprint density at radius 3 is 2.49 bits per heavy atom. The molecular formula is C31H31N7O. The highest BCUT2D eigenvalue weighted by atomic mass is 16.1. The molecule has 0 fully saturated rings. The number of aryl methyl sites for hydroxylation is 4. The number of pyridine rings is 1. The third-order valence-electron chi connectivity index (χ3n) is 6.67. The van der Waals surface area contributed by atoms with Crippen molar-refractivity contribution in [1.29, 1.82) is 0 Å². The summed E-state index contributed by atoms with van der Waals surface area (Å²) in [5.41, 5.74) is 12.0. The van der Waals surface area contributed by atoms with E-state index in [0.717, 1.165) is 46.0 Å². The molecule has 8 heteroatoms. The third-order valence-corrected chi connectivity index (χ3v) is 6.67. The first-order chi connectivity index (χ1) is 18.9. The summed E-state index contributed by atoms with van der Waals surface area (Å²) in [7, 11) is 0. The van der Waals surface area contributed by atoms with Gasteiger partial charge in [-0.15, -0.1) is 0 Å². The Kier molecular flexibility index (Phi) is 7.45. The van der Waals surface area contributed by atoms with E-state index in [-0.39, 0.29) is 11.5 Å². The number of rotatable bonds is 8. The van der Waals surface area contributed by atoms with E-state index >= 15 is 0 Å². The predicted molar refractivity (Wildman–Crippen MR) is 158 cm³/mol. The van der Waals surface area contributed by atoms with Gasteiger partial charge in [0.15, 0.2) is 0 Å². The molecule has 0 bridgehead atoms. The second-order valence-corrected chi connectivity index (χ2v) is 9.47. The highest BCUT2D eigenvalue weighted by Crippen LogP contribution is 2.22. The number of nitrogens with two attached hydrogens (primary N) is 1. The van der Waals surface area contributed by atoms with E-state index in [0.29, 0.717) is 29.7 Å². The molecule has 0 saturated heterocycles. The molecule has 3 aromatic heterocycles. The van der Waals surface area contributed by atoms with Gasteiger partial charge in [0.25, 0.3) is 5.56 Å². The van der Waals surface area contributed by atoms with E-state index in [2.05, 4.69) is 20.3 Å². The average molecular weight is 518 g/mol. The zero-order valence-corrected chi connectivity index (χ0v) is 22.3. The number of aromatic nitrogens is 5. The van der Waals surface area contributed by atoms with Crippen molar-refractivity contribution >= 4 is 34.8 Å². The van der Waals surface area contributed by atoms with Crippen LogP contribution in [0.3, 0.4) is 0 Å². The van der Waals surface area contributed by atoms with Crippen molar-refractivity contribution in [1.82, 2.24) is 24.5 Å². The zero-order chi connectivity index (χ0) is 27.4. The minimum atomic E-state index is -0.0521. The number of hydrogen-bond donors (Lipinski definition) is 2. The van der Waals surface area contributed by atoms with Crippen molar-refractivity contribution < 1.29 is 0 Å². The van der Waals surface area contributed by atoms with Crippen LogP contribution in [0.5, 0.6) is 0 Å². The SMILES string of the molecule is Cc1cccnc1/C=C/c1c(C)nc(N)nc1NCCCc1nc2cccc(C)c2c(=O)n1-c1ccccc1. The number of nitrogens with one attached hydrogen (secondary N) is 1. The largest absolute Gasteiger partial charge is 0.369 e. The molecule has 0 saturated carbocycles. The fraction of sp³-hybridized carbons (Fsp3) is 0.194. The summed E-state index contributed by atoms with van der Waals surface area (Å²) in [6, 6.07) is 19.4. The van der Waals surface area contributed by atoms with Gasteiger partial charge in [-0.2, -0.15) is 4.98 Å². The molecule has 3 N–H and O–H groups in total. The molecule has 2 aromatic carbocycles. The van der Waals surface area contributed by atoms with E-state index < -0.39 is 0 Å². The van der Waals surface area contributed by atoms with Gasteiger partial charge in [-0.25, -0.2) is 9.97 Å². The van der Waals surface area contributed by atoms with E-state index in [4.69, 9.17) is 10.7 Å². The first kappa shape index (κ1) is 25.8. The van der Waals surface area contributed by atoms with Crippen LogP contribution in [0, 0.1) is 20.8 Å². The number of nitrogen functional groups attached to an aromatic ring is 1. The lowest BCUT2D eigenvalue weighted by atomic mass is 10.1. The number of anilines is 2. The molecule has 0 spiro atoms. The van der Waals surface area contributed by atoms with Crippen LogP contribution in [0.1, 0.15) is 40.3 Å². The maximum absolute atomic E-state index is 13.6. The minimum absolute atomic E-state index is 0.0521. The van der Waals surface area contributed by atoms with Crippen LogP contribution < -0.4 is 16.6 Å². The van der Waals surface area contributed by atoms with Crippen LogP contribution in [0.25, 0.3) is 28.7 Å². The number of benzene rings is 2. The van der Waals surface area contributed by atoms with Gasteiger partial charge >= 0.3 is 0 Å². The highest BCUT2D eigenvalue weighted by molar-refractivity contribution is 5.81. The second kappa shape index (κ2) is 11.3. The summed E-state index contributed by atoms with van der Waals surface area (Å²) in [6.07, 6.45) is 7.02. The van der Waals surface area contributed by atoms with Crippen molar-refractivity contribution in [2.45, 2.75) is 33.6 Å². The Labute approximate surface area is 227 Å². The zero-order valence-electron chi connectivity index (χ0n) is 22.3. The smallest absolute Gasteiger partial charge is 0.266 e. The van der Waals surface area contributed by atoms with E-state index in [1.807, 2.05) is 93.6 Å². The summed E-state index contributed by atoms with van der Waals surface area (Å²) in [4.78, 5) is 31.8. The van der Waals surface area contributed by atoms with Crippen LogP contribution in [-0.2, 0) is 6.42 Å². The van der Waals surface area contributed by atoms with Crippen LogP contribution in [0.4, 0.5) is 11.8 Å². The average Bonchev–Trinajstić information content (AvgIpc) is 2.92. The monoisotopic (exact) mass is 517 g/mol. The first-order valence-electron chi connectivity index (χ1n) is 13.0. The van der Waals surface area contributed by atoms with Crippen molar-refractivity contribution in [3.8, 4) is 5.69 Å². The molecule has 0 amide bonds. The molecule has 0 atom stereocenters. The van der Waals surface area contributed by atoms with Gasteiger partial charge in [0.2, 0.25) is 5.95 Å². The van der Waals surface area contributed by atoms with E-state index in [1.54, 1.807) is 10.8 Å². The Hall–Kier alpha value is -4.85. The molecule has 3 heterocycles. The Balaban J connectivity index is 1.40. The van der Waals surface area contributed by atoms with Crippen LogP contribution in [0.15, 0.2) is 71.7 Å². The molecule has 39 heavy (non-hydrogen) atoms. The van der Waals surface area contributed by atoms with Gasteiger partial charge < -0.3 is 11.1 Å². The lowest BCUT2D eigenvalue weighted by molar-refractivity contribution is 0.753.